The van der Waals surface area contributed by atoms with E-state index in [-0.39, 0.29) is 0 Å². The molecule has 0 N–H and O–H groups in total. The zero-order valence-corrected chi connectivity index (χ0v) is 17.0. The first-order chi connectivity index (χ1) is 14.8. The van der Waals surface area contributed by atoms with Gasteiger partial charge in [0.15, 0.2) is 0 Å². The van der Waals surface area contributed by atoms with Crippen LogP contribution in [-0.2, 0) is 17.9 Å². The minimum absolute atomic E-state index is 0.615. The van der Waals surface area contributed by atoms with E-state index in [1.165, 1.54) is 27.4 Å². The molecule has 4 heteroatoms. The number of aromatic nitrogens is 3. The summed E-state index contributed by atoms with van der Waals surface area (Å²) in [4.78, 5) is 9.24. The van der Waals surface area contributed by atoms with Gasteiger partial charge in [-0.05, 0) is 36.8 Å². The molecule has 0 spiro atoms. The zero-order chi connectivity index (χ0) is 20.3. The maximum atomic E-state index is 6.03. The Morgan fingerprint density at radius 1 is 0.833 bits per heavy atom. The van der Waals surface area contributed by atoms with Crippen LogP contribution < -0.4 is 0 Å². The standard InChI is InChI=1S/C26H23N3O/c1-19-7-6-8-20(17-19)18-30-16-15-29-24-11-3-2-9-21(24)22-12-14-28-25(26(22)29)23-10-4-5-13-27-23/h2-14,17H,15-16,18H2,1H3. The van der Waals surface area contributed by atoms with Gasteiger partial charge in [-0.15, -0.1) is 0 Å². The van der Waals surface area contributed by atoms with Crippen LogP contribution in [0.4, 0.5) is 0 Å². The number of aryl methyl sites for hydroxylation is 1. The third-order valence-corrected chi connectivity index (χ3v) is 5.40. The molecule has 0 unspecified atom stereocenters. The van der Waals surface area contributed by atoms with Gasteiger partial charge in [-0.2, -0.15) is 0 Å². The minimum Gasteiger partial charge on any atom is -0.375 e. The third-order valence-electron chi connectivity index (χ3n) is 5.40. The van der Waals surface area contributed by atoms with Crippen LogP contribution in [0.25, 0.3) is 33.2 Å². The Balaban J connectivity index is 1.51. The van der Waals surface area contributed by atoms with Gasteiger partial charge in [0.2, 0.25) is 0 Å². The molecular weight excluding hydrogens is 370 g/mol. The normalized spacial score (nSPS) is 11.4. The van der Waals surface area contributed by atoms with Crippen LogP contribution in [0.5, 0.6) is 0 Å². The molecule has 0 aliphatic rings. The van der Waals surface area contributed by atoms with E-state index >= 15 is 0 Å². The molecule has 0 saturated carbocycles. The fraction of sp³-hybridized carbons (Fsp3) is 0.154. The van der Waals surface area contributed by atoms with E-state index in [1.807, 2.05) is 30.6 Å². The quantitative estimate of drug-likeness (QED) is 0.344. The van der Waals surface area contributed by atoms with Gasteiger partial charge in [-0.25, -0.2) is 0 Å². The van der Waals surface area contributed by atoms with Crippen LogP contribution in [0, 0.1) is 6.92 Å². The van der Waals surface area contributed by atoms with Gasteiger partial charge in [-0.1, -0.05) is 54.1 Å². The van der Waals surface area contributed by atoms with Crippen molar-refractivity contribution in [2.45, 2.75) is 20.1 Å². The van der Waals surface area contributed by atoms with Crippen molar-refractivity contribution in [1.82, 2.24) is 14.5 Å². The Hall–Kier alpha value is -3.50. The highest BCUT2D eigenvalue weighted by molar-refractivity contribution is 6.11. The molecule has 0 aliphatic heterocycles. The second kappa shape index (κ2) is 8.09. The summed E-state index contributed by atoms with van der Waals surface area (Å²) in [5.41, 5.74) is 6.54. The van der Waals surface area contributed by atoms with Crippen LogP contribution in [0.1, 0.15) is 11.1 Å². The SMILES string of the molecule is Cc1cccc(COCCn2c3ccccc3c3ccnc(-c4ccccn4)c32)c1. The highest BCUT2D eigenvalue weighted by Crippen LogP contribution is 2.33. The fourth-order valence-corrected chi connectivity index (χ4v) is 4.07. The summed E-state index contributed by atoms with van der Waals surface area (Å²) in [7, 11) is 0. The predicted octanol–water partition coefficient (Wildman–Crippen LogP) is 5.78. The Morgan fingerprint density at radius 3 is 2.60 bits per heavy atom. The van der Waals surface area contributed by atoms with Gasteiger partial charge in [0.1, 0.15) is 5.69 Å². The first kappa shape index (κ1) is 18.5. The number of benzene rings is 2. The molecule has 3 heterocycles. The summed E-state index contributed by atoms with van der Waals surface area (Å²) in [6.07, 6.45) is 3.69. The number of para-hydroxylation sites is 1. The van der Waals surface area contributed by atoms with Crippen molar-refractivity contribution in [3.8, 4) is 11.4 Å². The van der Waals surface area contributed by atoms with E-state index in [1.54, 1.807) is 0 Å². The van der Waals surface area contributed by atoms with E-state index < -0.39 is 0 Å². The van der Waals surface area contributed by atoms with Crippen molar-refractivity contribution in [2.24, 2.45) is 0 Å². The second-order valence-corrected chi connectivity index (χ2v) is 7.48. The van der Waals surface area contributed by atoms with Crippen LogP contribution in [0.3, 0.4) is 0 Å². The summed E-state index contributed by atoms with van der Waals surface area (Å²) in [5.74, 6) is 0. The van der Waals surface area contributed by atoms with Gasteiger partial charge in [0.25, 0.3) is 0 Å². The molecule has 0 saturated heterocycles. The zero-order valence-electron chi connectivity index (χ0n) is 17.0. The van der Waals surface area contributed by atoms with Crippen molar-refractivity contribution in [2.75, 3.05) is 6.61 Å². The molecule has 0 bridgehead atoms. The largest absolute Gasteiger partial charge is 0.375 e. The lowest BCUT2D eigenvalue weighted by molar-refractivity contribution is 0.114. The summed E-state index contributed by atoms with van der Waals surface area (Å²) in [6, 6.07) is 25.0. The van der Waals surface area contributed by atoms with Crippen molar-refractivity contribution < 1.29 is 4.74 Å². The van der Waals surface area contributed by atoms with Gasteiger partial charge >= 0.3 is 0 Å². The molecule has 0 atom stereocenters. The number of rotatable bonds is 6. The number of pyridine rings is 2. The van der Waals surface area contributed by atoms with Gasteiger partial charge < -0.3 is 9.30 Å². The first-order valence-corrected chi connectivity index (χ1v) is 10.2. The summed E-state index contributed by atoms with van der Waals surface area (Å²) in [6.45, 7) is 4.09. The van der Waals surface area contributed by atoms with Crippen molar-refractivity contribution in [3.63, 3.8) is 0 Å². The Kier molecular flexibility index (Phi) is 4.99. The minimum atomic E-state index is 0.615. The highest BCUT2D eigenvalue weighted by atomic mass is 16.5. The van der Waals surface area contributed by atoms with Crippen LogP contribution in [0.15, 0.2) is 85.2 Å². The molecule has 148 valence electrons. The van der Waals surface area contributed by atoms with Crippen LogP contribution >= 0.6 is 0 Å². The number of hydrogen-bond acceptors (Lipinski definition) is 3. The maximum absolute atomic E-state index is 6.03. The van der Waals surface area contributed by atoms with Crippen molar-refractivity contribution in [1.29, 1.82) is 0 Å². The lowest BCUT2D eigenvalue weighted by Gasteiger charge is -2.11. The molecule has 30 heavy (non-hydrogen) atoms. The average molecular weight is 393 g/mol. The molecule has 3 aromatic heterocycles. The van der Waals surface area contributed by atoms with Gasteiger partial charge in [-0.3, -0.25) is 9.97 Å². The molecule has 0 radical (unpaired) electrons. The molecular formula is C26H23N3O. The molecule has 5 aromatic rings. The molecule has 2 aromatic carbocycles. The topological polar surface area (TPSA) is 39.9 Å². The molecule has 0 amide bonds. The third kappa shape index (κ3) is 3.46. The lowest BCUT2D eigenvalue weighted by atomic mass is 10.1. The number of ether oxygens (including phenoxy) is 1. The fourth-order valence-electron chi connectivity index (χ4n) is 4.07. The Labute approximate surface area is 175 Å². The maximum Gasteiger partial charge on any atom is 0.113 e. The van der Waals surface area contributed by atoms with Crippen LogP contribution in [-0.4, -0.2) is 21.1 Å². The Bertz CT molecular complexity index is 1310. The van der Waals surface area contributed by atoms with Gasteiger partial charge in [0, 0.05) is 35.2 Å². The number of hydrogen-bond donors (Lipinski definition) is 0. The first-order valence-electron chi connectivity index (χ1n) is 10.2. The van der Waals surface area contributed by atoms with E-state index in [0.717, 1.165) is 23.4 Å². The van der Waals surface area contributed by atoms with Crippen molar-refractivity contribution >= 4 is 21.8 Å². The highest BCUT2D eigenvalue weighted by Gasteiger charge is 2.16. The molecule has 5 rings (SSSR count). The van der Waals surface area contributed by atoms with E-state index in [9.17, 15) is 0 Å². The summed E-state index contributed by atoms with van der Waals surface area (Å²) < 4.78 is 8.35. The predicted molar refractivity (Wildman–Crippen MR) is 121 cm³/mol. The van der Waals surface area contributed by atoms with Gasteiger partial charge in [0.05, 0.1) is 24.4 Å². The Morgan fingerprint density at radius 2 is 1.73 bits per heavy atom. The monoisotopic (exact) mass is 393 g/mol. The number of nitrogens with zero attached hydrogens (tertiary/aromatic N) is 3. The smallest absolute Gasteiger partial charge is 0.113 e. The second-order valence-electron chi connectivity index (χ2n) is 7.48. The van der Waals surface area contributed by atoms with Crippen LogP contribution in [0.2, 0.25) is 0 Å². The number of fused-ring (bicyclic) bond motifs is 3. The molecule has 0 aliphatic carbocycles. The molecule has 4 nitrogen and oxygen atoms in total. The van der Waals surface area contributed by atoms with E-state index in [0.29, 0.717) is 13.2 Å². The van der Waals surface area contributed by atoms with Crippen molar-refractivity contribution in [3.05, 3.63) is 96.3 Å². The average Bonchev–Trinajstić information content (AvgIpc) is 3.11. The molecule has 0 fully saturated rings. The lowest BCUT2D eigenvalue weighted by Crippen LogP contribution is -2.07. The van der Waals surface area contributed by atoms with E-state index in [4.69, 9.17) is 9.72 Å². The summed E-state index contributed by atoms with van der Waals surface area (Å²) in [5, 5.41) is 2.42. The summed E-state index contributed by atoms with van der Waals surface area (Å²) >= 11 is 0. The van der Waals surface area contributed by atoms with E-state index in [2.05, 4.69) is 71.1 Å².